The van der Waals surface area contributed by atoms with E-state index in [1.54, 1.807) is 16.7 Å². The predicted molar refractivity (Wildman–Crippen MR) is 237 cm³/mol. The van der Waals surface area contributed by atoms with Crippen LogP contribution < -0.4 is 0 Å². The van der Waals surface area contributed by atoms with Gasteiger partial charge in [-0.05, 0) is 149 Å². The minimum absolute atomic E-state index is 0.0390. The van der Waals surface area contributed by atoms with Gasteiger partial charge in [-0.25, -0.2) is 0 Å². The molecule has 5 aliphatic carbocycles. The number of nitrogens with one attached hydrogen (secondary N) is 1. The van der Waals surface area contributed by atoms with Gasteiger partial charge in [0.15, 0.2) is 8.32 Å². The fourth-order valence-electron chi connectivity index (χ4n) is 15.1. The maximum Gasteiger partial charge on any atom is 0.311 e. The third-order valence-corrected chi connectivity index (χ3v) is 24.2. The summed E-state index contributed by atoms with van der Waals surface area (Å²) in [4.78, 5) is 17.5. The molecule has 7 heteroatoms. The Kier molecular flexibility index (Phi) is 9.51. The quantitative estimate of drug-likeness (QED) is 0.163. The Hall–Kier alpha value is -2.19. The van der Waals surface area contributed by atoms with E-state index < -0.39 is 13.7 Å². The van der Waals surface area contributed by atoms with Gasteiger partial charge in [-0.2, -0.15) is 0 Å². The number of fused-ring (bicyclic) bond motifs is 6. The van der Waals surface area contributed by atoms with E-state index in [0.717, 1.165) is 50.7 Å². The number of aromatic nitrogens is 1. The van der Waals surface area contributed by atoms with Crippen molar-refractivity contribution in [3.63, 3.8) is 0 Å². The Morgan fingerprint density at radius 1 is 0.983 bits per heavy atom. The summed E-state index contributed by atoms with van der Waals surface area (Å²) in [5.74, 6) is 2.37. The van der Waals surface area contributed by atoms with Crippen molar-refractivity contribution >= 4 is 25.2 Å². The highest BCUT2D eigenvalue weighted by atomic mass is 28.4. The summed E-state index contributed by atoms with van der Waals surface area (Å²) >= 11 is 0. The standard InChI is InChI=1S/C51H75NO5Si/c1-26(2)44-39(56-47(53)48(9,10)11)24-33-34-17-18-35-45-43-42-37(52-46(43)51(35,15)50(34,14)21-20-38(33)55-44)19-16-30-22-31(25-54-58(27(3)4,28(5)6)29(7)8)32-23-36(41(32)40(30)42)49(12,13)57-45/h16,19,27-29,31-32,35-36,38-39,41,44-45,52H,1,17-18,20-25H2,2-15H3/t31?,32-,35+,36+,38-,39-,41+,44-,45+,50+,51-/m1/s1. The summed E-state index contributed by atoms with van der Waals surface area (Å²) in [5, 5.41) is 1.50. The molecule has 1 saturated heterocycles. The van der Waals surface area contributed by atoms with Crippen LogP contribution in [0.2, 0.25) is 16.6 Å². The van der Waals surface area contributed by atoms with Gasteiger partial charge in [0.1, 0.15) is 12.2 Å². The van der Waals surface area contributed by atoms with Crippen LogP contribution in [0.5, 0.6) is 0 Å². The van der Waals surface area contributed by atoms with Gasteiger partial charge in [0.05, 0.1) is 23.2 Å². The topological polar surface area (TPSA) is 69.8 Å². The molecule has 1 unspecified atom stereocenters. The number of carbonyl (C=O) groups is 1. The molecule has 2 saturated carbocycles. The van der Waals surface area contributed by atoms with Crippen molar-refractivity contribution in [3.05, 3.63) is 57.8 Å². The van der Waals surface area contributed by atoms with E-state index in [2.05, 4.69) is 92.9 Å². The van der Waals surface area contributed by atoms with Crippen LogP contribution in [-0.4, -0.2) is 49.8 Å². The number of aromatic amines is 1. The Bertz CT molecular complexity index is 2040. The zero-order valence-electron chi connectivity index (χ0n) is 38.5. The molecule has 3 fully saturated rings. The highest BCUT2D eigenvalue weighted by Crippen LogP contribution is 2.73. The molecule has 1 aromatic heterocycles. The Balaban J connectivity index is 1.13. The molecular weight excluding hydrogens is 735 g/mol. The van der Waals surface area contributed by atoms with Crippen molar-refractivity contribution < 1.29 is 23.4 Å². The molecule has 1 aromatic carbocycles. The van der Waals surface area contributed by atoms with E-state index in [-0.39, 0.29) is 46.8 Å². The minimum atomic E-state index is -1.98. The number of hydrogen-bond acceptors (Lipinski definition) is 5. The summed E-state index contributed by atoms with van der Waals surface area (Å²) in [6.45, 7) is 37.5. The second kappa shape index (κ2) is 13.4. The zero-order chi connectivity index (χ0) is 41.8. The number of carbonyl (C=O) groups excluding carboxylic acids is 1. The summed E-state index contributed by atoms with van der Waals surface area (Å²) < 4.78 is 28.3. The molecule has 0 bridgehead atoms. The predicted octanol–water partition coefficient (Wildman–Crippen LogP) is 12.6. The van der Waals surface area contributed by atoms with Crippen molar-refractivity contribution in [2.45, 2.75) is 200 Å². The van der Waals surface area contributed by atoms with Crippen molar-refractivity contribution in [2.75, 3.05) is 6.61 Å². The first-order valence-corrected chi connectivity index (χ1v) is 25.5. The second-order valence-corrected chi connectivity index (χ2v) is 28.7. The number of benzene rings is 1. The molecule has 318 valence electrons. The largest absolute Gasteiger partial charge is 0.458 e. The number of H-pyrrole nitrogens is 1. The molecule has 0 radical (unpaired) electrons. The summed E-state index contributed by atoms with van der Waals surface area (Å²) in [6.07, 6.45) is 6.66. The van der Waals surface area contributed by atoms with Crippen LogP contribution in [0.1, 0.15) is 170 Å². The Labute approximate surface area is 351 Å². The first-order chi connectivity index (χ1) is 27.1. The Morgan fingerprint density at radius 3 is 2.31 bits per heavy atom. The lowest BCUT2D eigenvalue weighted by atomic mass is 9.47. The summed E-state index contributed by atoms with van der Waals surface area (Å²) in [6, 6.07) is 4.90. The highest BCUT2D eigenvalue weighted by Gasteiger charge is 2.67. The van der Waals surface area contributed by atoms with Gasteiger partial charge in [-0.15, -0.1) is 0 Å². The molecular formula is C51H75NO5Si. The monoisotopic (exact) mass is 810 g/mol. The number of esters is 1. The molecule has 2 aromatic rings. The van der Waals surface area contributed by atoms with E-state index in [0.29, 0.717) is 46.2 Å². The highest BCUT2D eigenvalue weighted by molar-refractivity contribution is 6.77. The SMILES string of the molecule is C=C(C)[C@H]1O[C@@H]2CC[C@@]3(C)C(=C2C[C@H]1OC(=O)C(C)(C)C)CC[C@H]1[C@@H]2OC(C)(C)[C@H]4C[C@@H]5C(CO[Si](C(C)C)(C(C)C)C(C)C)Cc6ccc7[nH]c(c2c7c6[C@@H]54)[C@@]13C. The minimum Gasteiger partial charge on any atom is -0.458 e. The third kappa shape index (κ3) is 5.46. The number of ether oxygens (including phenoxy) is 3. The average Bonchev–Trinajstić information content (AvgIpc) is 3.60. The summed E-state index contributed by atoms with van der Waals surface area (Å²) in [5.41, 5.74) is 12.0. The molecule has 58 heavy (non-hydrogen) atoms. The normalized spacial score (nSPS) is 37.3. The lowest BCUT2D eigenvalue weighted by molar-refractivity contribution is -0.181. The molecule has 0 amide bonds. The van der Waals surface area contributed by atoms with Crippen LogP contribution in [0.15, 0.2) is 35.4 Å². The van der Waals surface area contributed by atoms with Gasteiger partial charge < -0.3 is 23.6 Å². The van der Waals surface area contributed by atoms with Gasteiger partial charge in [0.25, 0.3) is 0 Å². The van der Waals surface area contributed by atoms with Crippen LogP contribution in [-0.2, 0) is 35.3 Å². The molecule has 2 aliphatic heterocycles. The van der Waals surface area contributed by atoms with Crippen molar-refractivity contribution in [3.8, 4) is 0 Å². The van der Waals surface area contributed by atoms with E-state index >= 15 is 0 Å². The van der Waals surface area contributed by atoms with Gasteiger partial charge >= 0.3 is 5.97 Å². The van der Waals surface area contributed by atoms with Crippen LogP contribution in [0.25, 0.3) is 10.9 Å². The first-order valence-electron chi connectivity index (χ1n) is 23.3. The van der Waals surface area contributed by atoms with Gasteiger partial charge in [-0.3, -0.25) is 4.79 Å². The molecule has 11 atom stereocenters. The van der Waals surface area contributed by atoms with Crippen molar-refractivity contribution in [2.24, 2.45) is 34.5 Å². The van der Waals surface area contributed by atoms with Crippen LogP contribution in [0, 0.1) is 34.5 Å². The zero-order valence-corrected chi connectivity index (χ0v) is 39.5. The number of hydrogen-bond donors (Lipinski definition) is 1. The molecule has 7 aliphatic rings. The Morgan fingerprint density at radius 2 is 1.67 bits per heavy atom. The maximum absolute atomic E-state index is 13.3. The van der Waals surface area contributed by atoms with Crippen LogP contribution in [0.4, 0.5) is 0 Å². The molecule has 9 rings (SSSR count). The molecule has 1 N–H and O–H groups in total. The lowest BCUT2D eigenvalue weighted by Crippen LogP contribution is -2.57. The van der Waals surface area contributed by atoms with Gasteiger partial charge in [-0.1, -0.05) is 73.6 Å². The van der Waals surface area contributed by atoms with Crippen LogP contribution >= 0.6 is 0 Å². The van der Waals surface area contributed by atoms with E-state index in [4.69, 9.17) is 18.6 Å². The summed E-state index contributed by atoms with van der Waals surface area (Å²) in [7, 11) is -1.98. The smallest absolute Gasteiger partial charge is 0.311 e. The molecule has 3 heterocycles. The van der Waals surface area contributed by atoms with Crippen LogP contribution in [0.3, 0.4) is 0 Å². The number of rotatable bonds is 8. The van der Waals surface area contributed by atoms with E-state index in [9.17, 15) is 4.79 Å². The fourth-order valence-corrected chi connectivity index (χ4v) is 20.6. The van der Waals surface area contributed by atoms with E-state index in [1.807, 2.05) is 27.7 Å². The second-order valence-electron chi connectivity index (χ2n) is 23.3. The third-order valence-electron chi connectivity index (χ3n) is 18.1. The number of allylic oxidation sites excluding steroid dienone is 1. The van der Waals surface area contributed by atoms with Gasteiger partial charge in [0, 0.05) is 51.9 Å². The fraction of sp³-hybridized carbons (Fsp3) is 0.745. The van der Waals surface area contributed by atoms with E-state index in [1.165, 1.54) is 34.2 Å². The lowest BCUT2D eigenvalue weighted by Gasteiger charge is -2.60. The van der Waals surface area contributed by atoms with Crippen molar-refractivity contribution in [1.29, 1.82) is 0 Å². The van der Waals surface area contributed by atoms with Crippen molar-refractivity contribution in [1.82, 2.24) is 4.98 Å². The maximum atomic E-state index is 13.3. The molecule has 0 spiro atoms. The molecule has 6 nitrogen and oxygen atoms in total. The first kappa shape index (κ1) is 41.2. The average molecular weight is 810 g/mol. The van der Waals surface area contributed by atoms with Gasteiger partial charge in [0.2, 0.25) is 0 Å².